The average molecular weight is 284 g/mol. The Morgan fingerprint density at radius 2 is 2.11 bits per heavy atom. The Hall–Kier alpha value is -1.59. The first-order valence-corrected chi connectivity index (χ1v) is 6.46. The fourth-order valence-corrected chi connectivity index (χ4v) is 1.84. The van der Waals surface area contributed by atoms with Gasteiger partial charge in [-0.05, 0) is 24.1 Å². The molecule has 0 aliphatic heterocycles. The quantitative estimate of drug-likeness (QED) is 0.728. The monoisotopic (exact) mass is 283 g/mol. The SMILES string of the molecule is CCC(NC(=O)CNC(=O)CN)c1cccc(Cl)c1. The lowest BCUT2D eigenvalue weighted by atomic mass is 10.0. The van der Waals surface area contributed by atoms with Gasteiger partial charge in [0.05, 0.1) is 19.1 Å². The van der Waals surface area contributed by atoms with Crippen molar-refractivity contribution < 1.29 is 9.59 Å². The van der Waals surface area contributed by atoms with E-state index in [-0.39, 0.29) is 30.9 Å². The predicted molar refractivity (Wildman–Crippen MR) is 74.7 cm³/mol. The van der Waals surface area contributed by atoms with E-state index >= 15 is 0 Å². The zero-order valence-electron chi connectivity index (χ0n) is 10.8. The van der Waals surface area contributed by atoms with Gasteiger partial charge < -0.3 is 16.4 Å². The molecule has 1 aromatic carbocycles. The van der Waals surface area contributed by atoms with Gasteiger partial charge in [-0.3, -0.25) is 9.59 Å². The standard InChI is InChI=1S/C13H18ClN3O2/c1-2-11(9-4-3-5-10(14)6-9)17-13(19)8-16-12(18)7-15/h3-6,11H,2,7-8,15H2,1H3,(H,16,18)(H,17,19). The van der Waals surface area contributed by atoms with Gasteiger partial charge in [0.15, 0.2) is 0 Å². The fraction of sp³-hybridized carbons (Fsp3) is 0.385. The number of hydrogen-bond donors (Lipinski definition) is 3. The van der Waals surface area contributed by atoms with Gasteiger partial charge in [0.1, 0.15) is 0 Å². The maximum absolute atomic E-state index is 11.7. The molecule has 5 nitrogen and oxygen atoms in total. The molecule has 19 heavy (non-hydrogen) atoms. The molecule has 0 bridgehead atoms. The Labute approximate surface area is 117 Å². The van der Waals surface area contributed by atoms with Crippen LogP contribution < -0.4 is 16.4 Å². The number of rotatable bonds is 6. The molecular weight excluding hydrogens is 266 g/mol. The predicted octanol–water partition coefficient (Wildman–Crippen LogP) is 0.982. The normalized spacial score (nSPS) is 11.7. The molecule has 0 aliphatic rings. The van der Waals surface area contributed by atoms with Gasteiger partial charge in [-0.15, -0.1) is 0 Å². The highest BCUT2D eigenvalue weighted by Crippen LogP contribution is 2.20. The van der Waals surface area contributed by atoms with Gasteiger partial charge in [-0.1, -0.05) is 30.7 Å². The molecule has 6 heteroatoms. The van der Waals surface area contributed by atoms with E-state index in [1.165, 1.54) is 0 Å². The summed E-state index contributed by atoms with van der Waals surface area (Å²) in [5.41, 5.74) is 6.07. The second-order valence-corrected chi connectivity index (χ2v) is 4.50. The van der Waals surface area contributed by atoms with Crippen molar-refractivity contribution in [3.05, 3.63) is 34.9 Å². The lowest BCUT2D eigenvalue weighted by Gasteiger charge is -2.18. The highest BCUT2D eigenvalue weighted by molar-refractivity contribution is 6.30. The molecule has 0 spiro atoms. The number of nitrogens with two attached hydrogens (primary N) is 1. The zero-order valence-corrected chi connectivity index (χ0v) is 11.5. The van der Waals surface area contributed by atoms with Gasteiger partial charge in [0, 0.05) is 5.02 Å². The van der Waals surface area contributed by atoms with E-state index in [0.29, 0.717) is 5.02 Å². The summed E-state index contributed by atoms with van der Waals surface area (Å²) in [5.74, 6) is -0.612. The summed E-state index contributed by atoms with van der Waals surface area (Å²) in [6.07, 6.45) is 0.733. The summed E-state index contributed by atoms with van der Waals surface area (Å²) in [6, 6.07) is 7.21. The van der Waals surface area contributed by atoms with Crippen LogP contribution in [0.25, 0.3) is 0 Å². The largest absolute Gasteiger partial charge is 0.348 e. The van der Waals surface area contributed by atoms with E-state index in [1.807, 2.05) is 25.1 Å². The third-order valence-corrected chi connectivity index (χ3v) is 2.86. The molecule has 0 saturated carbocycles. The maximum Gasteiger partial charge on any atom is 0.239 e. The Balaban J connectivity index is 2.57. The number of benzene rings is 1. The number of nitrogens with one attached hydrogen (secondary N) is 2. The van der Waals surface area contributed by atoms with Crippen LogP contribution in [0, 0.1) is 0 Å². The van der Waals surface area contributed by atoms with Crippen LogP contribution in [0.5, 0.6) is 0 Å². The zero-order chi connectivity index (χ0) is 14.3. The number of amides is 2. The van der Waals surface area contributed by atoms with Gasteiger partial charge in [-0.25, -0.2) is 0 Å². The van der Waals surface area contributed by atoms with Crippen LogP contribution in [0.15, 0.2) is 24.3 Å². The van der Waals surface area contributed by atoms with Crippen molar-refractivity contribution in [1.29, 1.82) is 0 Å². The van der Waals surface area contributed by atoms with Crippen molar-refractivity contribution >= 4 is 23.4 Å². The molecule has 0 radical (unpaired) electrons. The van der Waals surface area contributed by atoms with Crippen molar-refractivity contribution in [2.75, 3.05) is 13.1 Å². The van der Waals surface area contributed by atoms with Gasteiger partial charge in [-0.2, -0.15) is 0 Å². The van der Waals surface area contributed by atoms with E-state index < -0.39 is 0 Å². The topological polar surface area (TPSA) is 84.2 Å². The molecule has 2 amide bonds. The molecule has 0 aromatic heterocycles. The number of carbonyl (C=O) groups excluding carboxylic acids is 2. The first-order valence-electron chi connectivity index (χ1n) is 6.08. The summed E-state index contributed by atoms with van der Waals surface area (Å²) in [7, 11) is 0. The number of carbonyl (C=O) groups is 2. The van der Waals surface area contributed by atoms with Crippen LogP contribution >= 0.6 is 11.6 Å². The van der Waals surface area contributed by atoms with Gasteiger partial charge >= 0.3 is 0 Å². The maximum atomic E-state index is 11.7. The Morgan fingerprint density at radius 3 is 2.68 bits per heavy atom. The van der Waals surface area contributed by atoms with Gasteiger partial charge in [0.2, 0.25) is 11.8 Å². The molecule has 104 valence electrons. The highest BCUT2D eigenvalue weighted by Gasteiger charge is 2.13. The Morgan fingerprint density at radius 1 is 1.37 bits per heavy atom. The van der Waals surface area contributed by atoms with Gasteiger partial charge in [0.25, 0.3) is 0 Å². The molecule has 1 aromatic rings. The first-order chi connectivity index (χ1) is 9.06. The minimum absolute atomic E-state index is 0.0763. The van der Waals surface area contributed by atoms with E-state index in [2.05, 4.69) is 10.6 Å². The number of halogens is 1. The Bertz CT molecular complexity index is 451. The third-order valence-electron chi connectivity index (χ3n) is 2.63. The molecule has 0 fully saturated rings. The molecule has 0 saturated heterocycles. The van der Waals surface area contributed by atoms with E-state index in [1.54, 1.807) is 6.07 Å². The van der Waals surface area contributed by atoms with E-state index in [4.69, 9.17) is 17.3 Å². The van der Waals surface area contributed by atoms with Crippen molar-refractivity contribution in [2.45, 2.75) is 19.4 Å². The molecule has 0 heterocycles. The lowest BCUT2D eigenvalue weighted by molar-refractivity contribution is -0.125. The van der Waals surface area contributed by atoms with Crippen molar-refractivity contribution in [3.8, 4) is 0 Å². The molecular formula is C13H18ClN3O2. The minimum Gasteiger partial charge on any atom is -0.348 e. The fourth-order valence-electron chi connectivity index (χ4n) is 1.64. The summed E-state index contributed by atoms with van der Waals surface area (Å²) in [6.45, 7) is 1.76. The van der Waals surface area contributed by atoms with E-state index in [9.17, 15) is 9.59 Å². The molecule has 0 aliphatic carbocycles. The molecule has 4 N–H and O–H groups in total. The summed E-state index contributed by atoms with van der Waals surface area (Å²) >= 11 is 5.92. The van der Waals surface area contributed by atoms with Crippen molar-refractivity contribution in [2.24, 2.45) is 5.73 Å². The van der Waals surface area contributed by atoms with Crippen molar-refractivity contribution in [3.63, 3.8) is 0 Å². The first kappa shape index (κ1) is 15.5. The van der Waals surface area contributed by atoms with E-state index in [0.717, 1.165) is 12.0 Å². The lowest BCUT2D eigenvalue weighted by Crippen LogP contribution is -2.40. The van der Waals surface area contributed by atoms with Crippen LogP contribution in [-0.4, -0.2) is 24.9 Å². The van der Waals surface area contributed by atoms with Crippen LogP contribution in [0.4, 0.5) is 0 Å². The van der Waals surface area contributed by atoms with Crippen LogP contribution in [0.3, 0.4) is 0 Å². The smallest absolute Gasteiger partial charge is 0.239 e. The molecule has 1 unspecified atom stereocenters. The Kier molecular flexibility index (Phi) is 6.32. The minimum atomic E-state index is -0.356. The molecule has 1 atom stereocenters. The second kappa shape index (κ2) is 7.76. The average Bonchev–Trinajstić information content (AvgIpc) is 2.42. The second-order valence-electron chi connectivity index (χ2n) is 4.06. The number of hydrogen-bond acceptors (Lipinski definition) is 3. The molecule has 1 rings (SSSR count). The van der Waals surface area contributed by atoms with Crippen LogP contribution in [-0.2, 0) is 9.59 Å². The summed E-state index contributed by atoms with van der Waals surface area (Å²) < 4.78 is 0. The third kappa shape index (κ3) is 5.28. The summed E-state index contributed by atoms with van der Waals surface area (Å²) in [5, 5.41) is 5.89. The highest BCUT2D eigenvalue weighted by atomic mass is 35.5. The summed E-state index contributed by atoms with van der Waals surface area (Å²) in [4.78, 5) is 22.6. The van der Waals surface area contributed by atoms with Crippen molar-refractivity contribution in [1.82, 2.24) is 10.6 Å². The van der Waals surface area contributed by atoms with Crippen LogP contribution in [0.2, 0.25) is 5.02 Å². The van der Waals surface area contributed by atoms with Crippen LogP contribution in [0.1, 0.15) is 24.9 Å².